The van der Waals surface area contributed by atoms with E-state index in [2.05, 4.69) is 16.6 Å². The lowest BCUT2D eigenvalue weighted by atomic mass is 9.83. The number of terminal acetylenes is 1. The molecule has 3 heterocycles. The Kier molecular flexibility index (Phi) is 8.76. The van der Waals surface area contributed by atoms with Gasteiger partial charge in [0.15, 0.2) is 17.3 Å². The Labute approximate surface area is 248 Å². The van der Waals surface area contributed by atoms with Gasteiger partial charge in [-0.1, -0.05) is 32.9 Å². The number of fused-ring (bicyclic) bond motifs is 1. The lowest BCUT2D eigenvalue weighted by molar-refractivity contribution is -0.137. The maximum absolute atomic E-state index is 13.8. The quantitative estimate of drug-likeness (QED) is 0.329. The van der Waals surface area contributed by atoms with Crippen LogP contribution in [0.2, 0.25) is 0 Å². The molecule has 4 N–H and O–H groups in total. The van der Waals surface area contributed by atoms with Crippen LogP contribution in [0.5, 0.6) is 5.75 Å². The molecule has 1 aromatic carbocycles. The summed E-state index contributed by atoms with van der Waals surface area (Å²) in [5, 5.41) is 26.5. The molecule has 1 saturated heterocycles. The van der Waals surface area contributed by atoms with Crippen molar-refractivity contribution in [1.29, 1.82) is 5.41 Å². The molecular weight excluding hydrogens is 536 g/mol. The monoisotopic (exact) mass is 578 g/mol. The summed E-state index contributed by atoms with van der Waals surface area (Å²) in [6.07, 6.45) is 11.1. The van der Waals surface area contributed by atoms with Crippen LogP contribution in [-0.4, -0.2) is 70.9 Å². The Morgan fingerprint density at radius 1 is 1.33 bits per heavy atom. The van der Waals surface area contributed by atoms with Crippen molar-refractivity contribution in [2.75, 3.05) is 20.3 Å². The van der Waals surface area contributed by atoms with Crippen LogP contribution in [0.3, 0.4) is 0 Å². The molecule has 4 rings (SSSR count). The van der Waals surface area contributed by atoms with E-state index in [9.17, 15) is 14.7 Å². The number of rotatable bonds is 9. The molecule has 10 heteroatoms. The average molecular weight is 579 g/mol. The van der Waals surface area contributed by atoms with Gasteiger partial charge in [-0.3, -0.25) is 19.9 Å². The number of carbonyl (C=O) groups excluding carboxylic acids is 2. The number of hydrogen-bond donors (Lipinski definition) is 4. The first kappa shape index (κ1) is 31.1. The van der Waals surface area contributed by atoms with E-state index in [-0.39, 0.29) is 37.3 Å². The van der Waals surface area contributed by atoms with E-state index >= 15 is 0 Å². The molecule has 0 aliphatic carbocycles. The SMILES string of the molecule is C#CC1=C(/C=C\C)[C@@H](NC(=O)c2ccc3c(c2)[C@H](N2C(=N)NC(CC)(CC)CC2=O)[C@@](C)(COC)O3)[C@](O)(CC)CO1. The van der Waals surface area contributed by atoms with Crippen molar-refractivity contribution in [3.05, 3.63) is 52.8 Å². The van der Waals surface area contributed by atoms with Gasteiger partial charge in [0.2, 0.25) is 5.91 Å². The van der Waals surface area contributed by atoms with Gasteiger partial charge in [0.05, 0.1) is 19.1 Å². The number of guanidine groups is 1. The highest BCUT2D eigenvalue weighted by Crippen LogP contribution is 2.48. The molecule has 1 fully saturated rings. The van der Waals surface area contributed by atoms with E-state index in [1.807, 2.05) is 34.6 Å². The summed E-state index contributed by atoms with van der Waals surface area (Å²) in [4.78, 5) is 28.9. The maximum atomic E-state index is 13.8. The Morgan fingerprint density at radius 2 is 2.05 bits per heavy atom. The molecule has 0 saturated carbocycles. The van der Waals surface area contributed by atoms with Gasteiger partial charge in [-0.15, -0.1) is 6.42 Å². The smallest absolute Gasteiger partial charge is 0.251 e. The first-order valence-corrected chi connectivity index (χ1v) is 14.5. The number of amides is 2. The number of hydrogen-bond acceptors (Lipinski definition) is 7. The van der Waals surface area contributed by atoms with Crippen molar-refractivity contribution < 1.29 is 28.9 Å². The molecule has 4 atom stereocenters. The normalized spacial score (nSPS) is 28.6. The Balaban J connectivity index is 1.73. The molecule has 226 valence electrons. The third-order valence-electron chi connectivity index (χ3n) is 8.86. The molecule has 42 heavy (non-hydrogen) atoms. The van der Waals surface area contributed by atoms with E-state index in [1.54, 1.807) is 37.5 Å². The first-order valence-electron chi connectivity index (χ1n) is 14.5. The van der Waals surface area contributed by atoms with Crippen LogP contribution in [0.1, 0.15) is 82.3 Å². The van der Waals surface area contributed by atoms with Crippen LogP contribution in [0, 0.1) is 17.8 Å². The summed E-state index contributed by atoms with van der Waals surface area (Å²) in [7, 11) is 1.55. The topological polar surface area (TPSA) is 133 Å². The Hall–Kier alpha value is -3.81. The van der Waals surface area contributed by atoms with Gasteiger partial charge in [-0.05, 0) is 57.2 Å². The first-order chi connectivity index (χ1) is 19.9. The van der Waals surface area contributed by atoms with Crippen molar-refractivity contribution in [2.24, 2.45) is 0 Å². The van der Waals surface area contributed by atoms with Gasteiger partial charge in [0.1, 0.15) is 24.0 Å². The molecule has 0 unspecified atom stereocenters. The minimum Gasteiger partial charge on any atom is -0.482 e. The van der Waals surface area contributed by atoms with E-state index < -0.39 is 34.7 Å². The average Bonchev–Trinajstić information content (AvgIpc) is 3.25. The second-order valence-corrected chi connectivity index (χ2v) is 11.5. The van der Waals surface area contributed by atoms with Crippen LogP contribution in [0.15, 0.2) is 41.7 Å². The molecule has 1 aromatic rings. The van der Waals surface area contributed by atoms with Gasteiger partial charge in [-0.25, -0.2) is 0 Å². The fourth-order valence-corrected chi connectivity index (χ4v) is 6.24. The second-order valence-electron chi connectivity index (χ2n) is 11.5. The number of nitrogens with one attached hydrogen (secondary N) is 3. The highest BCUT2D eigenvalue weighted by Gasteiger charge is 2.54. The predicted octanol–water partition coefficient (Wildman–Crippen LogP) is 3.57. The van der Waals surface area contributed by atoms with Crippen LogP contribution in [0.4, 0.5) is 0 Å². The van der Waals surface area contributed by atoms with Crippen molar-refractivity contribution in [3.63, 3.8) is 0 Å². The molecule has 0 radical (unpaired) electrons. The molecule has 0 aromatic heterocycles. The fourth-order valence-electron chi connectivity index (χ4n) is 6.24. The van der Waals surface area contributed by atoms with Crippen LogP contribution >= 0.6 is 0 Å². The van der Waals surface area contributed by atoms with Crippen LogP contribution in [-0.2, 0) is 14.3 Å². The Morgan fingerprint density at radius 3 is 2.62 bits per heavy atom. The summed E-state index contributed by atoms with van der Waals surface area (Å²) in [6, 6.07) is 3.47. The highest BCUT2D eigenvalue weighted by atomic mass is 16.5. The van der Waals surface area contributed by atoms with Crippen molar-refractivity contribution in [3.8, 4) is 18.1 Å². The zero-order valence-corrected chi connectivity index (χ0v) is 25.3. The summed E-state index contributed by atoms with van der Waals surface area (Å²) in [5.41, 5.74) is -1.48. The minimum atomic E-state index is -1.38. The summed E-state index contributed by atoms with van der Waals surface area (Å²) in [6.45, 7) is 9.56. The number of benzene rings is 1. The summed E-state index contributed by atoms with van der Waals surface area (Å²) >= 11 is 0. The zero-order valence-electron chi connectivity index (χ0n) is 25.3. The summed E-state index contributed by atoms with van der Waals surface area (Å²) < 4.78 is 17.5. The molecule has 3 aliphatic rings. The number of aliphatic hydroxyl groups is 1. The number of allylic oxidation sites excluding steroid dienone is 2. The molecule has 3 aliphatic heterocycles. The third kappa shape index (κ3) is 5.27. The largest absolute Gasteiger partial charge is 0.482 e. The second kappa shape index (κ2) is 11.8. The van der Waals surface area contributed by atoms with Crippen LogP contribution < -0.4 is 15.4 Å². The Bertz CT molecular complexity index is 1340. The predicted molar refractivity (Wildman–Crippen MR) is 159 cm³/mol. The molecule has 0 spiro atoms. The van der Waals surface area contributed by atoms with E-state index in [4.69, 9.17) is 26.0 Å². The van der Waals surface area contributed by atoms with E-state index in [0.717, 1.165) is 0 Å². The van der Waals surface area contributed by atoms with Gasteiger partial charge in [0, 0.05) is 29.3 Å². The van der Waals surface area contributed by atoms with Crippen molar-refractivity contribution >= 4 is 17.8 Å². The number of methoxy groups -OCH3 is 1. The standard InChI is InChI=1S/C32H42N4O6/c1-8-13-21-23(9-2)41-19-32(39,12-5)26(21)34-28(38)20-14-15-24-22(16-20)27(30(6,42-24)18-40-7)36-25(37)17-31(10-3,11-4)35-29(36)33/h2,8,13-16,26-27,39H,10-12,17-19H2,1,3-7H3,(H2,33,35)(H,34,38)/b13-8-/t26-,27+,30-,32+/m1/s1. The van der Waals surface area contributed by atoms with Gasteiger partial charge in [-0.2, -0.15) is 0 Å². The summed E-state index contributed by atoms with van der Waals surface area (Å²) in [5.74, 6) is 2.63. The highest BCUT2D eigenvalue weighted by molar-refractivity contribution is 6.00. The van der Waals surface area contributed by atoms with Gasteiger partial charge < -0.3 is 30.0 Å². The molecule has 0 bridgehead atoms. The lowest BCUT2D eigenvalue weighted by Gasteiger charge is -2.46. The lowest BCUT2D eigenvalue weighted by Crippen LogP contribution is -2.65. The van der Waals surface area contributed by atoms with Crippen molar-refractivity contribution in [2.45, 2.75) is 89.1 Å². The molecule has 2 amide bonds. The van der Waals surface area contributed by atoms with Crippen LogP contribution in [0.25, 0.3) is 0 Å². The molecular formula is C32H42N4O6. The number of ether oxygens (including phenoxy) is 3. The number of nitrogens with zero attached hydrogens (tertiary/aromatic N) is 1. The maximum Gasteiger partial charge on any atom is 0.251 e. The molecule has 10 nitrogen and oxygen atoms in total. The van der Waals surface area contributed by atoms with Gasteiger partial charge in [0.25, 0.3) is 5.91 Å². The zero-order chi connectivity index (χ0) is 30.9. The van der Waals surface area contributed by atoms with E-state index in [0.29, 0.717) is 41.7 Å². The van der Waals surface area contributed by atoms with E-state index in [1.165, 1.54) is 4.90 Å². The fraction of sp³-hybridized carbons (Fsp3) is 0.531. The minimum absolute atomic E-state index is 0.00764. The van der Waals surface area contributed by atoms with Crippen molar-refractivity contribution in [1.82, 2.24) is 15.5 Å². The van der Waals surface area contributed by atoms with Gasteiger partial charge >= 0.3 is 0 Å². The number of carbonyl (C=O) groups is 2. The third-order valence-corrected chi connectivity index (χ3v) is 8.86.